The van der Waals surface area contributed by atoms with Gasteiger partial charge in [-0.25, -0.2) is 4.79 Å². The number of aliphatic imine (C=N–C) groups is 1. The summed E-state index contributed by atoms with van der Waals surface area (Å²) in [5, 5.41) is 6.57. The Kier molecular flexibility index (Phi) is 6.76. The van der Waals surface area contributed by atoms with Crippen LogP contribution in [-0.4, -0.2) is 63.0 Å². The van der Waals surface area contributed by atoms with Gasteiger partial charge in [0.25, 0.3) is 0 Å². The van der Waals surface area contributed by atoms with Gasteiger partial charge in [0.2, 0.25) is 0 Å². The number of methoxy groups -OCH3 is 2. The van der Waals surface area contributed by atoms with Crippen molar-refractivity contribution in [2.75, 3.05) is 34.4 Å². The van der Waals surface area contributed by atoms with Crippen molar-refractivity contribution in [1.29, 1.82) is 0 Å². The monoisotopic (exact) mass is 378 g/mol. The Morgan fingerprint density at radius 2 is 1.96 bits per heavy atom. The van der Waals surface area contributed by atoms with Gasteiger partial charge in [0.15, 0.2) is 17.5 Å². The Morgan fingerprint density at radius 3 is 2.52 bits per heavy atom. The first-order chi connectivity index (χ1) is 12.8. The number of hydrogen-bond acceptors (Lipinski definition) is 5. The minimum absolute atomic E-state index is 0.135. The first kappa shape index (κ1) is 20.7. The van der Waals surface area contributed by atoms with Gasteiger partial charge in [0, 0.05) is 32.2 Å². The average molecular weight is 378 g/mol. The molecule has 150 valence electrons. The molecule has 2 rings (SSSR count). The zero-order valence-electron chi connectivity index (χ0n) is 17.0. The summed E-state index contributed by atoms with van der Waals surface area (Å²) in [6.07, 6.45) is -0.287. The van der Waals surface area contributed by atoms with Gasteiger partial charge in [-0.05, 0) is 26.8 Å². The quantitative estimate of drug-likeness (QED) is 0.602. The molecule has 0 aliphatic carbocycles. The normalized spacial score (nSPS) is 15.0. The number of carbonyl (C=O) groups is 1. The predicted octanol–water partition coefficient (Wildman–Crippen LogP) is 1.99. The summed E-state index contributed by atoms with van der Waals surface area (Å²) in [4.78, 5) is 17.9. The largest absolute Gasteiger partial charge is 0.493 e. The van der Waals surface area contributed by atoms with Gasteiger partial charge in [-0.2, -0.15) is 0 Å². The van der Waals surface area contributed by atoms with Crippen molar-refractivity contribution >= 4 is 12.1 Å². The summed E-state index contributed by atoms with van der Waals surface area (Å²) in [6.45, 7) is 7.27. The second-order valence-electron chi connectivity index (χ2n) is 7.30. The fourth-order valence-corrected chi connectivity index (χ4v) is 2.71. The summed E-state index contributed by atoms with van der Waals surface area (Å²) in [7, 11) is 4.94. The SMILES string of the molecule is CN=C(NCc1cccc(OC)c1OC)NC1CN(C(=O)OC(C)(C)C)C1. The topological polar surface area (TPSA) is 84.4 Å². The van der Waals surface area contributed by atoms with Crippen LogP contribution in [0.3, 0.4) is 0 Å². The maximum absolute atomic E-state index is 12.0. The van der Waals surface area contributed by atoms with Crippen LogP contribution in [-0.2, 0) is 11.3 Å². The molecule has 8 heteroatoms. The summed E-state index contributed by atoms with van der Waals surface area (Å²) in [5.41, 5.74) is 0.479. The van der Waals surface area contributed by atoms with Crippen molar-refractivity contribution < 1.29 is 19.0 Å². The first-order valence-electron chi connectivity index (χ1n) is 8.92. The van der Waals surface area contributed by atoms with E-state index in [2.05, 4.69) is 15.6 Å². The number of benzene rings is 1. The van der Waals surface area contributed by atoms with Crippen LogP contribution in [0.1, 0.15) is 26.3 Å². The molecule has 0 unspecified atom stereocenters. The minimum Gasteiger partial charge on any atom is -0.493 e. The number of nitrogens with zero attached hydrogens (tertiary/aromatic N) is 2. The highest BCUT2D eigenvalue weighted by Crippen LogP contribution is 2.30. The molecule has 1 aromatic rings. The zero-order chi connectivity index (χ0) is 20.0. The van der Waals surface area contributed by atoms with Crippen molar-refractivity contribution in [1.82, 2.24) is 15.5 Å². The van der Waals surface area contributed by atoms with Crippen LogP contribution in [0.5, 0.6) is 11.5 Å². The van der Waals surface area contributed by atoms with Crippen LogP contribution < -0.4 is 20.1 Å². The lowest BCUT2D eigenvalue weighted by Gasteiger charge is -2.40. The van der Waals surface area contributed by atoms with E-state index in [0.717, 1.165) is 5.56 Å². The lowest BCUT2D eigenvalue weighted by molar-refractivity contribution is 0.00701. The molecule has 0 bridgehead atoms. The Balaban J connectivity index is 1.84. The number of amides is 1. The second kappa shape index (κ2) is 8.83. The Morgan fingerprint density at radius 1 is 1.26 bits per heavy atom. The van der Waals surface area contributed by atoms with Crippen molar-refractivity contribution in [2.45, 2.75) is 39.0 Å². The van der Waals surface area contributed by atoms with Gasteiger partial charge in [0.1, 0.15) is 5.60 Å². The lowest BCUT2D eigenvalue weighted by atomic mass is 10.1. The molecule has 2 N–H and O–H groups in total. The summed E-state index contributed by atoms with van der Waals surface area (Å²) in [5.74, 6) is 2.04. The molecule has 1 fully saturated rings. The van der Waals surface area contributed by atoms with Crippen LogP contribution in [0.25, 0.3) is 0 Å². The molecule has 1 aromatic carbocycles. The Labute approximate surface area is 160 Å². The van der Waals surface area contributed by atoms with Crippen LogP contribution in [0, 0.1) is 0 Å². The highest BCUT2D eigenvalue weighted by Gasteiger charge is 2.34. The van der Waals surface area contributed by atoms with Gasteiger partial charge in [0.05, 0.1) is 20.3 Å². The highest BCUT2D eigenvalue weighted by molar-refractivity contribution is 5.80. The fraction of sp³-hybridized carbons (Fsp3) is 0.579. The molecule has 0 atom stereocenters. The number of ether oxygens (including phenoxy) is 3. The number of para-hydroxylation sites is 1. The number of guanidine groups is 1. The van der Waals surface area contributed by atoms with Crippen molar-refractivity contribution in [3.8, 4) is 11.5 Å². The van der Waals surface area contributed by atoms with Crippen molar-refractivity contribution in [3.05, 3.63) is 23.8 Å². The molecule has 0 aromatic heterocycles. The van der Waals surface area contributed by atoms with Crippen LogP contribution in [0.2, 0.25) is 0 Å². The smallest absolute Gasteiger partial charge is 0.410 e. The van der Waals surface area contributed by atoms with Gasteiger partial charge >= 0.3 is 6.09 Å². The van der Waals surface area contributed by atoms with Crippen LogP contribution in [0.4, 0.5) is 4.79 Å². The maximum atomic E-state index is 12.0. The second-order valence-corrected chi connectivity index (χ2v) is 7.30. The number of carbonyl (C=O) groups excluding carboxylic acids is 1. The van der Waals surface area contributed by atoms with E-state index >= 15 is 0 Å². The van der Waals surface area contributed by atoms with E-state index in [0.29, 0.717) is 37.1 Å². The molecule has 1 saturated heterocycles. The number of likely N-dealkylation sites (tertiary alicyclic amines) is 1. The van der Waals surface area contributed by atoms with Crippen LogP contribution >= 0.6 is 0 Å². The Hall–Kier alpha value is -2.64. The minimum atomic E-state index is -0.483. The molecule has 8 nitrogen and oxygen atoms in total. The van der Waals surface area contributed by atoms with Crippen LogP contribution in [0.15, 0.2) is 23.2 Å². The molecular formula is C19H30N4O4. The van der Waals surface area contributed by atoms with E-state index < -0.39 is 5.60 Å². The lowest BCUT2D eigenvalue weighted by Crippen LogP contribution is -2.63. The summed E-state index contributed by atoms with van der Waals surface area (Å²) in [6, 6.07) is 5.87. The zero-order valence-corrected chi connectivity index (χ0v) is 17.0. The van der Waals surface area contributed by atoms with Crippen molar-refractivity contribution in [3.63, 3.8) is 0 Å². The van der Waals surface area contributed by atoms with E-state index in [1.807, 2.05) is 39.0 Å². The van der Waals surface area contributed by atoms with E-state index in [4.69, 9.17) is 14.2 Å². The van der Waals surface area contributed by atoms with Gasteiger partial charge in [-0.1, -0.05) is 12.1 Å². The third-order valence-corrected chi connectivity index (χ3v) is 4.03. The molecule has 1 amide bonds. The number of rotatable bonds is 5. The number of hydrogen-bond donors (Lipinski definition) is 2. The molecular weight excluding hydrogens is 348 g/mol. The molecule has 1 aliphatic heterocycles. The third-order valence-electron chi connectivity index (χ3n) is 4.03. The standard InChI is InChI=1S/C19H30N4O4/c1-19(2,3)27-18(24)23-11-14(12-23)22-17(20-4)21-10-13-8-7-9-15(25-5)16(13)26-6/h7-9,14H,10-12H2,1-6H3,(H2,20,21,22). The average Bonchev–Trinajstić information content (AvgIpc) is 2.57. The molecule has 1 heterocycles. The Bertz CT molecular complexity index is 679. The van der Waals surface area contributed by atoms with E-state index in [-0.39, 0.29) is 12.1 Å². The molecule has 27 heavy (non-hydrogen) atoms. The van der Waals surface area contributed by atoms with Gasteiger partial charge in [-0.15, -0.1) is 0 Å². The summed E-state index contributed by atoms with van der Waals surface area (Å²) >= 11 is 0. The molecule has 0 saturated carbocycles. The van der Waals surface area contributed by atoms with E-state index in [9.17, 15) is 4.79 Å². The summed E-state index contributed by atoms with van der Waals surface area (Å²) < 4.78 is 16.1. The van der Waals surface area contributed by atoms with Gasteiger partial charge < -0.3 is 29.7 Å². The van der Waals surface area contributed by atoms with Gasteiger partial charge in [-0.3, -0.25) is 4.99 Å². The predicted molar refractivity (Wildman–Crippen MR) is 104 cm³/mol. The van der Waals surface area contributed by atoms with E-state index in [1.165, 1.54) is 0 Å². The maximum Gasteiger partial charge on any atom is 0.410 e. The van der Waals surface area contributed by atoms with E-state index in [1.54, 1.807) is 26.2 Å². The molecule has 0 spiro atoms. The third kappa shape index (κ3) is 5.67. The fourth-order valence-electron chi connectivity index (χ4n) is 2.71. The molecule has 0 radical (unpaired) electrons. The molecule has 1 aliphatic rings. The highest BCUT2D eigenvalue weighted by atomic mass is 16.6. The first-order valence-corrected chi connectivity index (χ1v) is 8.92. The van der Waals surface area contributed by atoms with Crippen molar-refractivity contribution in [2.24, 2.45) is 4.99 Å². The number of nitrogens with one attached hydrogen (secondary N) is 2.